The first-order valence-electron chi connectivity index (χ1n) is 16.7. The molecule has 3 amide bonds. The molecule has 45 heavy (non-hydrogen) atoms. The molecule has 3 saturated heterocycles. The molecule has 9 nitrogen and oxygen atoms in total. The molecule has 0 radical (unpaired) electrons. The van der Waals surface area contributed by atoms with Gasteiger partial charge in [-0.15, -0.1) is 0 Å². The molecule has 0 aromatic heterocycles. The molecule has 2 aromatic carbocycles. The Morgan fingerprint density at radius 3 is 2.47 bits per heavy atom. The number of hydrogen-bond acceptors (Lipinski definition) is 6. The maximum absolute atomic E-state index is 14.6. The van der Waals surface area contributed by atoms with Crippen LogP contribution in [0, 0.1) is 5.92 Å². The quantitative estimate of drug-likeness (QED) is 0.428. The van der Waals surface area contributed by atoms with Crippen LogP contribution in [0.4, 0.5) is 11.4 Å². The molecule has 10 heteroatoms. The number of ether oxygens (including phenoxy) is 1. The third-order valence-corrected chi connectivity index (χ3v) is 13.1. The van der Waals surface area contributed by atoms with Crippen LogP contribution in [0.3, 0.4) is 0 Å². The van der Waals surface area contributed by atoms with Crippen molar-refractivity contribution in [2.45, 2.75) is 101 Å². The summed E-state index contributed by atoms with van der Waals surface area (Å²) in [7, 11) is -2.91. The van der Waals surface area contributed by atoms with Gasteiger partial charge in [-0.2, -0.15) is 0 Å². The molecule has 4 aliphatic rings. The number of fused-ring (bicyclic) bond motifs is 2. The summed E-state index contributed by atoms with van der Waals surface area (Å²) in [4.78, 5) is 57.9. The molecule has 5 atom stereocenters. The SMILES string of the molecule is C[C@H]1[C@H]([Si](C)(C)O)[C@@H](CC(=O)N2CCC[C@H]2CO)O[C@]12C(=O)N(Cc1ccc(N3CCCCCCC3=O)cc1)c1ccccc12. The molecule has 2 N–H and O–H groups in total. The summed E-state index contributed by atoms with van der Waals surface area (Å²) in [5, 5.41) is 9.82. The van der Waals surface area contributed by atoms with E-state index in [0.29, 0.717) is 19.5 Å². The van der Waals surface area contributed by atoms with Gasteiger partial charge >= 0.3 is 0 Å². The molecule has 0 aliphatic carbocycles. The van der Waals surface area contributed by atoms with Gasteiger partial charge in [0.1, 0.15) is 0 Å². The van der Waals surface area contributed by atoms with Gasteiger partial charge < -0.3 is 29.3 Å². The Balaban J connectivity index is 1.27. The predicted molar refractivity (Wildman–Crippen MR) is 175 cm³/mol. The van der Waals surface area contributed by atoms with Crippen LogP contribution in [-0.4, -0.2) is 72.7 Å². The molecular formula is C35H47N3O6Si. The summed E-state index contributed by atoms with van der Waals surface area (Å²) >= 11 is 0. The second-order valence-electron chi connectivity index (χ2n) is 13.9. The molecule has 0 unspecified atom stereocenters. The molecule has 242 valence electrons. The van der Waals surface area contributed by atoms with Crippen LogP contribution in [0.25, 0.3) is 0 Å². The third-order valence-electron chi connectivity index (χ3n) is 10.6. The average Bonchev–Trinajstić information content (AvgIpc) is 3.66. The minimum absolute atomic E-state index is 0.0658. The fourth-order valence-corrected chi connectivity index (χ4v) is 11.0. The Labute approximate surface area is 267 Å². The van der Waals surface area contributed by atoms with Crippen molar-refractivity contribution in [2.24, 2.45) is 5.92 Å². The number of likely N-dealkylation sites (tertiary alicyclic amines) is 1. The van der Waals surface area contributed by atoms with Crippen LogP contribution in [0.1, 0.15) is 69.4 Å². The van der Waals surface area contributed by atoms with Gasteiger partial charge in [0.25, 0.3) is 5.91 Å². The highest BCUT2D eigenvalue weighted by molar-refractivity contribution is 6.71. The van der Waals surface area contributed by atoms with Crippen LogP contribution in [0.15, 0.2) is 48.5 Å². The summed E-state index contributed by atoms with van der Waals surface area (Å²) in [6.07, 6.45) is 5.80. The Bertz CT molecular complexity index is 1430. The zero-order chi connectivity index (χ0) is 31.9. The van der Waals surface area contributed by atoms with E-state index in [1.54, 1.807) is 9.80 Å². The zero-order valence-electron chi connectivity index (χ0n) is 26.8. The Hall–Kier alpha value is -3.05. The second kappa shape index (κ2) is 12.6. The number of amides is 3. The fourth-order valence-electron chi connectivity index (χ4n) is 8.43. The predicted octanol–water partition coefficient (Wildman–Crippen LogP) is 4.70. The number of nitrogens with zero attached hydrogens (tertiary/aromatic N) is 3. The number of hydrogen-bond donors (Lipinski definition) is 2. The van der Waals surface area contributed by atoms with Crippen molar-refractivity contribution in [3.05, 3.63) is 59.7 Å². The first kappa shape index (κ1) is 31.9. The minimum atomic E-state index is -2.91. The third kappa shape index (κ3) is 5.75. The molecule has 4 heterocycles. The topological polar surface area (TPSA) is 111 Å². The smallest absolute Gasteiger partial charge is 0.264 e. The Morgan fingerprint density at radius 2 is 1.73 bits per heavy atom. The lowest BCUT2D eigenvalue weighted by atomic mass is 9.82. The maximum atomic E-state index is 14.6. The highest BCUT2D eigenvalue weighted by atomic mass is 28.4. The molecule has 6 rings (SSSR count). The average molecular weight is 634 g/mol. The molecular weight excluding hydrogens is 586 g/mol. The largest absolute Gasteiger partial charge is 0.432 e. The lowest BCUT2D eigenvalue weighted by molar-refractivity contribution is -0.150. The molecule has 0 bridgehead atoms. The fraction of sp³-hybridized carbons (Fsp3) is 0.571. The van der Waals surface area contributed by atoms with E-state index in [1.165, 1.54) is 0 Å². The summed E-state index contributed by atoms with van der Waals surface area (Å²) in [5.74, 6) is -0.464. The van der Waals surface area contributed by atoms with Crippen molar-refractivity contribution < 1.29 is 29.0 Å². The lowest BCUT2D eigenvalue weighted by Gasteiger charge is -2.32. The summed E-state index contributed by atoms with van der Waals surface area (Å²) in [6.45, 7) is 7.30. The summed E-state index contributed by atoms with van der Waals surface area (Å²) in [6, 6.07) is 15.4. The number of aliphatic hydroxyl groups is 1. The monoisotopic (exact) mass is 633 g/mol. The van der Waals surface area contributed by atoms with Gasteiger partial charge in [-0.1, -0.05) is 50.1 Å². The normalized spacial score (nSPS) is 29.0. The van der Waals surface area contributed by atoms with Crippen molar-refractivity contribution in [1.29, 1.82) is 0 Å². The van der Waals surface area contributed by atoms with Gasteiger partial charge in [-0.05, 0) is 62.5 Å². The number of carbonyl (C=O) groups is 3. The van der Waals surface area contributed by atoms with E-state index in [2.05, 4.69) is 0 Å². The van der Waals surface area contributed by atoms with Gasteiger partial charge in [0, 0.05) is 42.2 Å². The molecule has 4 aliphatic heterocycles. The first-order chi connectivity index (χ1) is 21.6. The van der Waals surface area contributed by atoms with E-state index in [4.69, 9.17) is 4.74 Å². The highest BCUT2D eigenvalue weighted by Crippen LogP contribution is 2.59. The van der Waals surface area contributed by atoms with Gasteiger partial charge in [-0.25, -0.2) is 0 Å². The van der Waals surface area contributed by atoms with Crippen LogP contribution >= 0.6 is 0 Å². The van der Waals surface area contributed by atoms with Crippen molar-refractivity contribution >= 4 is 37.4 Å². The van der Waals surface area contributed by atoms with Crippen LogP contribution in [0.5, 0.6) is 0 Å². The van der Waals surface area contributed by atoms with E-state index in [1.807, 2.05) is 73.4 Å². The van der Waals surface area contributed by atoms with Crippen molar-refractivity contribution in [1.82, 2.24) is 4.90 Å². The number of carbonyl (C=O) groups excluding carboxylic acids is 3. The van der Waals surface area contributed by atoms with E-state index in [9.17, 15) is 24.3 Å². The molecule has 1 spiro atoms. The van der Waals surface area contributed by atoms with Crippen molar-refractivity contribution in [3.63, 3.8) is 0 Å². The number of rotatable bonds is 7. The van der Waals surface area contributed by atoms with Gasteiger partial charge in [0.2, 0.25) is 11.8 Å². The number of anilines is 2. The van der Waals surface area contributed by atoms with E-state index < -0.39 is 20.0 Å². The van der Waals surface area contributed by atoms with Gasteiger partial charge in [0.05, 0.1) is 37.4 Å². The molecule has 2 aromatic rings. The Kier molecular flexibility index (Phi) is 8.95. The minimum Gasteiger partial charge on any atom is -0.432 e. The standard InChI is InChI=1S/C35H47N3O6Si/c1-24-33(45(2,3)43)30(21-32(41)37-20-10-11-27(37)23-39)44-35(24)28-12-7-8-13-29(28)38(34(35)42)22-25-15-17-26(18-16-25)36-19-9-5-4-6-14-31(36)40/h7-8,12-13,15-18,24,27,30,33,39,43H,4-6,9-11,14,19-23H2,1-3H3/t24-,27-,30+,33-,35+/m0/s1. The second-order valence-corrected chi connectivity index (χ2v) is 17.9. The Morgan fingerprint density at radius 1 is 1.00 bits per heavy atom. The molecule has 3 fully saturated rings. The van der Waals surface area contributed by atoms with E-state index in [0.717, 1.165) is 67.6 Å². The molecule has 0 saturated carbocycles. The van der Waals surface area contributed by atoms with Crippen molar-refractivity contribution in [3.8, 4) is 0 Å². The highest BCUT2D eigenvalue weighted by Gasteiger charge is 2.66. The van der Waals surface area contributed by atoms with Crippen molar-refractivity contribution in [2.75, 3.05) is 29.5 Å². The summed E-state index contributed by atoms with van der Waals surface area (Å²) in [5.41, 5.74) is 1.72. The van der Waals surface area contributed by atoms with E-state index in [-0.39, 0.29) is 48.3 Å². The summed E-state index contributed by atoms with van der Waals surface area (Å²) < 4.78 is 6.83. The number of benzene rings is 2. The van der Waals surface area contributed by atoms with Crippen LogP contribution in [0.2, 0.25) is 18.6 Å². The zero-order valence-corrected chi connectivity index (χ0v) is 27.8. The van der Waals surface area contributed by atoms with Crippen LogP contribution < -0.4 is 9.80 Å². The number of aliphatic hydroxyl groups excluding tert-OH is 1. The maximum Gasteiger partial charge on any atom is 0.264 e. The van der Waals surface area contributed by atoms with Crippen LogP contribution in [-0.2, 0) is 31.3 Å². The lowest BCUT2D eigenvalue weighted by Crippen LogP contribution is -2.46. The first-order valence-corrected chi connectivity index (χ1v) is 19.7. The number of para-hydroxylation sites is 1. The van der Waals surface area contributed by atoms with E-state index >= 15 is 0 Å². The van der Waals surface area contributed by atoms with Gasteiger partial charge in [0.15, 0.2) is 13.9 Å². The van der Waals surface area contributed by atoms with Gasteiger partial charge in [-0.3, -0.25) is 14.4 Å².